The zero-order chi connectivity index (χ0) is 15.1. The van der Waals surface area contributed by atoms with Gasteiger partial charge < -0.3 is 0 Å². The van der Waals surface area contributed by atoms with Gasteiger partial charge in [0.2, 0.25) is 0 Å². The molecule has 2 aliphatic carbocycles. The SMILES string of the molecule is CC1(C)CCC[C@@]2(C)C/C(=C/c3ccccc3)C(=O)C[C@@H]12. The zero-order valence-corrected chi connectivity index (χ0v) is 13.5. The maximum absolute atomic E-state index is 12.6. The van der Waals surface area contributed by atoms with E-state index < -0.39 is 0 Å². The largest absolute Gasteiger partial charge is 0.295 e. The first-order chi connectivity index (χ1) is 9.91. The van der Waals surface area contributed by atoms with Gasteiger partial charge in [-0.15, -0.1) is 0 Å². The summed E-state index contributed by atoms with van der Waals surface area (Å²) in [5.41, 5.74) is 2.80. The van der Waals surface area contributed by atoms with Crippen molar-refractivity contribution in [3.8, 4) is 0 Å². The predicted molar refractivity (Wildman–Crippen MR) is 87.9 cm³/mol. The maximum Gasteiger partial charge on any atom is 0.159 e. The lowest BCUT2D eigenvalue weighted by Crippen LogP contribution is -2.46. The molecule has 2 saturated carbocycles. The number of ketones is 1. The molecule has 0 heterocycles. The monoisotopic (exact) mass is 282 g/mol. The fourth-order valence-electron chi connectivity index (χ4n) is 4.71. The molecule has 112 valence electrons. The van der Waals surface area contributed by atoms with E-state index in [1.54, 1.807) is 0 Å². The summed E-state index contributed by atoms with van der Waals surface area (Å²) in [7, 11) is 0. The van der Waals surface area contributed by atoms with Crippen molar-refractivity contribution in [1.29, 1.82) is 0 Å². The van der Waals surface area contributed by atoms with Crippen LogP contribution in [0.5, 0.6) is 0 Å². The van der Waals surface area contributed by atoms with E-state index in [0.717, 1.165) is 24.0 Å². The molecule has 2 atom stereocenters. The van der Waals surface area contributed by atoms with E-state index in [1.165, 1.54) is 19.3 Å². The van der Waals surface area contributed by atoms with E-state index >= 15 is 0 Å². The number of hydrogen-bond donors (Lipinski definition) is 0. The maximum atomic E-state index is 12.6. The summed E-state index contributed by atoms with van der Waals surface area (Å²) in [6.45, 7) is 7.12. The number of carbonyl (C=O) groups excluding carboxylic acids is 1. The van der Waals surface area contributed by atoms with Gasteiger partial charge in [0.05, 0.1) is 0 Å². The van der Waals surface area contributed by atoms with Gasteiger partial charge in [0.25, 0.3) is 0 Å². The van der Waals surface area contributed by atoms with Crippen molar-refractivity contribution in [2.24, 2.45) is 16.7 Å². The number of allylic oxidation sites excluding steroid dienone is 1. The summed E-state index contributed by atoms with van der Waals surface area (Å²) in [5.74, 6) is 0.912. The summed E-state index contributed by atoms with van der Waals surface area (Å²) in [5, 5.41) is 0. The van der Waals surface area contributed by atoms with Crippen molar-refractivity contribution in [1.82, 2.24) is 0 Å². The lowest BCUT2D eigenvalue weighted by molar-refractivity contribution is -0.125. The number of rotatable bonds is 1. The van der Waals surface area contributed by atoms with Crippen LogP contribution in [0.15, 0.2) is 35.9 Å². The van der Waals surface area contributed by atoms with Gasteiger partial charge >= 0.3 is 0 Å². The van der Waals surface area contributed by atoms with Crippen LogP contribution in [0.2, 0.25) is 0 Å². The van der Waals surface area contributed by atoms with Gasteiger partial charge in [-0.25, -0.2) is 0 Å². The predicted octanol–water partition coefficient (Wildman–Crippen LogP) is 5.27. The van der Waals surface area contributed by atoms with E-state index in [-0.39, 0.29) is 0 Å². The van der Waals surface area contributed by atoms with Crippen LogP contribution in [0, 0.1) is 16.7 Å². The first-order valence-corrected chi connectivity index (χ1v) is 8.20. The van der Waals surface area contributed by atoms with Crippen molar-refractivity contribution >= 4 is 11.9 Å². The fourth-order valence-corrected chi connectivity index (χ4v) is 4.71. The summed E-state index contributed by atoms with van der Waals surface area (Å²) in [6.07, 6.45) is 7.63. The van der Waals surface area contributed by atoms with Crippen LogP contribution in [-0.2, 0) is 4.79 Å². The highest BCUT2D eigenvalue weighted by molar-refractivity contribution is 6.00. The highest BCUT2D eigenvalue weighted by atomic mass is 16.1. The third-order valence-corrected chi connectivity index (χ3v) is 5.84. The van der Waals surface area contributed by atoms with Crippen LogP contribution in [-0.4, -0.2) is 5.78 Å². The van der Waals surface area contributed by atoms with Crippen LogP contribution in [0.4, 0.5) is 0 Å². The number of benzene rings is 1. The van der Waals surface area contributed by atoms with E-state index in [9.17, 15) is 4.79 Å². The van der Waals surface area contributed by atoms with Gasteiger partial charge in [-0.05, 0) is 53.2 Å². The van der Waals surface area contributed by atoms with Crippen LogP contribution < -0.4 is 0 Å². The third-order valence-electron chi connectivity index (χ3n) is 5.84. The molecule has 0 bridgehead atoms. The molecule has 0 unspecified atom stereocenters. The molecule has 0 aromatic heterocycles. The zero-order valence-electron chi connectivity index (χ0n) is 13.5. The van der Waals surface area contributed by atoms with Crippen LogP contribution >= 0.6 is 0 Å². The number of hydrogen-bond acceptors (Lipinski definition) is 1. The molecule has 0 aliphatic heterocycles. The smallest absolute Gasteiger partial charge is 0.159 e. The molecule has 1 nitrogen and oxygen atoms in total. The fraction of sp³-hybridized carbons (Fsp3) is 0.550. The Balaban J connectivity index is 1.91. The average molecular weight is 282 g/mol. The molecule has 2 aliphatic rings. The Morgan fingerprint density at radius 3 is 2.52 bits per heavy atom. The normalized spacial score (nSPS) is 33.8. The van der Waals surface area contributed by atoms with Crippen LogP contribution in [0.1, 0.15) is 58.4 Å². The molecule has 1 aromatic rings. The molecule has 2 fully saturated rings. The molecule has 1 aromatic carbocycles. The van der Waals surface area contributed by atoms with Gasteiger partial charge in [0, 0.05) is 6.42 Å². The Kier molecular flexibility index (Phi) is 3.55. The minimum Gasteiger partial charge on any atom is -0.295 e. The quantitative estimate of drug-likeness (QED) is 0.642. The van der Waals surface area contributed by atoms with Gasteiger partial charge in [-0.2, -0.15) is 0 Å². The highest BCUT2D eigenvalue weighted by Gasteiger charge is 2.50. The summed E-state index contributed by atoms with van der Waals surface area (Å²) >= 11 is 0. The topological polar surface area (TPSA) is 17.1 Å². The Morgan fingerprint density at radius 1 is 1.10 bits per heavy atom. The Bertz CT molecular complexity index is 567. The van der Waals surface area contributed by atoms with Crippen LogP contribution in [0.25, 0.3) is 6.08 Å². The number of fused-ring (bicyclic) bond motifs is 1. The van der Waals surface area contributed by atoms with E-state index in [0.29, 0.717) is 22.5 Å². The lowest BCUT2D eigenvalue weighted by Gasteiger charge is -2.53. The second-order valence-electron chi connectivity index (χ2n) is 7.93. The second-order valence-corrected chi connectivity index (χ2v) is 7.93. The van der Waals surface area contributed by atoms with Crippen molar-refractivity contribution in [3.05, 3.63) is 41.5 Å². The third kappa shape index (κ3) is 2.71. The standard InChI is InChI=1S/C20H26O/c1-19(2)10-7-11-20(3)14-16(17(21)13-18(19)20)12-15-8-5-4-6-9-15/h4-6,8-9,12,18H,7,10-11,13-14H2,1-3H3/b16-12-/t18-,20-/m0/s1. The Morgan fingerprint density at radius 2 is 1.81 bits per heavy atom. The molecule has 21 heavy (non-hydrogen) atoms. The summed E-state index contributed by atoms with van der Waals surface area (Å²) < 4.78 is 0. The van der Waals surface area contributed by atoms with Gasteiger partial charge in [0.1, 0.15) is 0 Å². The first kappa shape index (κ1) is 14.6. The molecule has 0 radical (unpaired) electrons. The van der Waals surface area contributed by atoms with E-state index in [2.05, 4.69) is 39.0 Å². The molecule has 0 spiro atoms. The minimum atomic E-state index is 0.302. The van der Waals surface area contributed by atoms with Crippen molar-refractivity contribution < 1.29 is 4.79 Å². The number of Topliss-reactive ketones (excluding diaryl/α,β-unsaturated/α-hetero) is 1. The van der Waals surface area contributed by atoms with Crippen LogP contribution in [0.3, 0.4) is 0 Å². The summed E-state index contributed by atoms with van der Waals surface area (Å²) in [4.78, 5) is 12.6. The molecule has 1 heteroatoms. The van der Waals surface area contributed by atoms with Gasteiger partial charge in [-0.1, -0.05) is 57.5 Å². The summed E-state index contributed by atoms with van der Waals surface area (Å²) in [6, 6.07) is 10.3. The minimum absolute atomic E-state index is 0.302. The second kappa shape index (κ2) is 5.12. The number of carbonyl (C=O) groups is 1. The van der Waals surface area contributed by atoms with E-state index in [4.69, 9.17) is 0 Å². The lowest BCUT2D eigenvalue weighted by atomic mass is 9.51. The highest BCUT2D eigenvalue weighted by Crippen LogP contribution is 2.57. The van der Waals surface area contributed by atoms with Crippen molar-refractivity contribution in [3.63, 3.8) is 0 Å². The van der Waals surface area contributed by atoms with Crippen molar-refractivity contribution in [2.45, 2.75) is 52.9 Å². The Labute approximate surface area is 128 Å². The molecular weight excluding hydrogens is 256 g/mol. The van der Waals surface area contributed by atoms with E-state index in [1.807, 2.05) is 18.2 Å². The molecule has 3 rings (SSSR count). The molecule has 0 amide bonds. The van der Waals surface area contributed by atoms with Gasteiger partial charge in [0.15, 0.2) is 5.78 Å². The Hall–Kier alpha value is -1.37. The molecule has 0 N–H and O–H groups in total. The van der Waals surface area contributed by atoms with Gasteiger partial charge in [-0.3, -0.25) is 4.79 Å². The molecular formula is C20H26O. The van der Waals surface area contributed by atoms with Crippen molar-refractivity contribution in [2.75, 3.05) is 0 Å². The first-order valence-electron chi connectivity index (χ1n) is 8.20. The molecule has 0 saturated heterocycles. The average Bonchev–Trinajstić information content (AvgIpc) is 2.42.